The van der Waals surface area contributed by atoms with Crippen molar-refractivity contribution >= 4 is 29.1 Å². The molecule has 26 heavy (non-hydrogen) atoms. The lowest BCUT2D eigenvalue weighted by molar-refractivity contribution is -0.121. The number of hydrogen-bond donors (Lipinski definition) is 1. The van der Waals surface area contributed by atoms with Crippen LogP contribution in [0.3, 0.4) is 0 Å². The Balaban J connectivity index is 1.81. The molecule has 1 N–H and O–H groups in total. The average Bonchev–Trinajstić information content (AvgIpc) is 2.64. The number of ether oxygens (including phenoxy) is 1. The van der Waals surface area contributed by atoms with E-state index in [0.29, 0.717) is 18.1 Å². The second kappa shape index (κ2) is 9.82. The second-order valence-electron chi connectivity index (χ2n) is 5.85. The number of halogens is 1. The molecule has 5 nitrogen and oxygen atoms in total. The Kier molecular flexibility index (Phi) is 7.48. The molecular formula is C20H23ClN2O3. The van der Waals surface area contributed by atoms with Gasteiger partial charge in [0.2, 0.25) is 11.8 Å². The van der Waals surface area contributed by atoms with Crippen LogP contribution < -0.4 is 15.0 Å². The summed E-state index contributed by atoms with van der Waals surface area (Å²) in [6.45, 7) is 2.36. The fraction of sp³-hybridized carbons (Fsp3) is 0.300. The van der Waals surface area contributed by atoms with Crippen molar-refractivity contribution in [2.24, 2.45) is 0 Å². The summed E-state index contributed by atoms with van der Waals surface area (Å²) >= 11 is 5.85. The molecule has 2 aromatic rings. The molecule has 0 heterocycles. The molecule has 0 aliphatic rings. The topological polar surface area (TPSA) is 58.6 Å². The summed E-state index contributed by atoms with van der Waals surface area (Å²) in [5.41, 5.74) is 1.85. The predicted molar refractivity (Wildman–Crippen MR) is 104 cm³/mol. The first-order valence-electron chi connectivity index (χ1n) is 8.43. The molecule has 0 aliphatic heterocycles. The van der Waals surface area contributed by atoms with Gasteiger partial charge in [-0.1, -0.05) is 23.7 Å². The molecule has 0 spiro atoms. The lowest BCUT2D eigenvalue weighted by Crippen LogP contribution is -2.34. The Morgan fingerprint density at radius 3 is 2.31 bits per heavy atom. The normalized spacial score (nSPS) is 10.3. The van der Waals surface area contributed by atoms with Gasteiger partial charge in [0.15, 0.2) is 0 Å². The number of nitrogens with one attached hydrogen (secondary N) is 1. The first-order valence-corrected chi connectivity index (χ1v) is 8.80. The van der Waals surface area contributed by atoms with Crippen molar-refractivity contribution < 1.29 is 14.3 Å². The number of carbonyl (C=O) groups is 2. The van der Waals surface area contributed by atoms with Crippen LogP contribution in [0.4, 0.5) is 5.69 Å². The fourth-order valence-electron chi connectivity index (χ4n) is 2.53. The van der Waals surface area contributed by atoms with Crippen LogP contribution in [0.25, 0.3) is 0 Å². The summed E-state index contributed by atoms with van der Waals surface area (Å²) in [6, 6.07) is 14.7. The second-order valence-corrected chi connectivity index (χ2v) is 6.28. The number of nitrogens with zero attached hydrogens (tertiary/aromatic N) is 1. The number of benzene rings is 2. The molecule has 0 atom stereocenters. The zero-order valence-electron chi connectivity index (χ0n) is 15.0. The van der Waals surface area contributed by atoms with E-state index in [1.807, 2.05) is 24.3 Å². The van der Waals surface area contributed by atoms with Crippen molar-refractivity contribution in [3.63, 3.8) is 0 Å². The summed E-state index contributed by atoms with van der Waals surface area (Å²) in [4.78, 5) is 25.5. The van der Waals surface area contributed by atoms with Crippen LogP contribution in [-0.2, 0) is 16.0 Å². The Morgan fingerprint density at radius 1 is 1.08 bits per heavy atom. The first kappa shape index (κ1) is 19.8. The molecule has 138 valence electrons. The number of carbonyl (C=O) groups excluding carboxylic acids is 2. The van der Waals surface area contributed by atoms with E-state index in [-0.39, 0.29) is 18.2 Å². The molecule has 0 radical (unpaired) electrons. The van der Waals surface area contributed by atoms with Crippen molar-refractivity contribution in [2.75, 3.05) is 25.1 Å². The molecule has 0 saturated heterocycles. The standard InChI is InChI=1S/C20H23ClN2O3/c1-15(24)23(18-7-9-19(26-2)10-8-18)14-12-20(25)22-13-11-16-3-5-17(21)6-4-16/h3-10H,11-14H2,1-2H3,(H,22,25). The predicted octanol–water partition coefficient (Wildman–Crippen LogP) is 3.45. The summed E-state index contributed by atoms with van der Waals surface area (Å²) in [5, 5.41) is 3.57. The molecule has 2 rings (SSSR count). The van der Waals surface area contributed by atoms with Gasteiger partial charge < -0.3 is 15.0 Å². The molecule has 0 bridgehead atoms. The summed E-state index contributed by atoms with van der Waals surface area (Å²) < 4.78 is 5.12. The van der Waals surface area contributed by atoms with E-state index in [0.717, 1.165) is 23.4 Å². The molecule has 2 amide bonds. The van der Waals surface area contributed by atoms with Gasteiger partial charge in [-0.25, -0.2) is 0 Å². The van der Waals surface area contributed by atoms with E-state index in [2.05, 4.69) is 5.32 Å². The lowest BCUT2D eigenvalue weighted by Gasteiger charge is -2.21. The zero-order chi connectivity index (χ0) is 18.9. The number of hydrogen-bond acceptors (Lipinski definition) is 3. The van der Waals surface area contributed by atoms with Crippen molar-refractivity contribution in [1.29, 1.82) is 0 Å². The summed E-state index contributed by atoms with van der Waals surface area (Å²) in [7, 11) is 1.59. The van der Waals surface area contributed by atoms with Crippen molar-refractivity contribution in [3.05, 3.63) is 59.1 Å². The third-order valence-corrected chi connectivity index (χ3v) is 4.23. The SMILES string of the molecule is COc1ccc(N(CCC(=O)NCCc2ccc(Cl)cc2)C(C)=O)cc1. The van der Waals surface area contributed by atoms with Crippen LogP contribution in [0.1, 0.15) is 18.9 Å². The lowest BCUT2D eigenvalue weighted by atomic mass is 10.1. The maximum atomic E-state index is 12.1. The highest BCUT2D eigenvalue weighted by Gasteiger charge is 2.13. The van der Waals surface area contributed by atoms with Gasteiger partial charge in [0.05, 0.1) is 7.11 Å². The van der Waals surface area contributed by atoms with Gasteiger partial charge in [-0.2, -0.15) is 0 Å². The highest BCUT2D eigenvalue weighted by molar-refractivity contribution is 6.30. The summed E-state index contributed by atoms with van der Waals surface area (Å²) in [6.07, 6.45) is 0.976. The molecule has 6 heteroatoms. The highest BCUT2D eigenvalue weighted by atomic mass is 35.5. The number of methoxy groups -OCH3 is 1. The van der Waals surface area contributed by atoms with E-state index in [9.17, 15) is 9.59 Å². The number of amides is 2. The minimum atomic E-state index is -0.107. The van der Waals surface area contributed by atoms with Crippen LogP contribution in [0.15, 0.2) is 48.5 Å². The van der Waals surface area contributed by atoms with Crippen molar-refractivity contribution in [1.82, 2.24) is 5.32 Å². The van der Waals surface area contributed by atoms with Crippen LogP contribution >= 0.6 is 11.6 Å². The smallest absolute Gasteiger partial charge is 0.223 e. The van der Waals surface area contributed by atoms with Crippen LogP contribution in [0.2, 0.25) is 5.02 Å². The molecule has 0 saturated carbocycles. The summed E-state index contributed by atoms with van der Waals surface area (Å²) in [5.74, 6) is 0.528. The maximum Gasteiger partial charge on any atom is 0.223 e. The van der Waals surface area contributed by atoms with Crippen LogP contribution in [0.5, 0.6) is 5.75 Å². The van der Waals surface area contributed by atoms with Gasteiger partial charge in [0.1, 0.15) is 5.75 Å². The largest absolute Gasteiger partial charge is 0.497 e. The average molecular weight is 375 g/mol. The van der Waals surface area contributed by atoms with E-state index in [1.165, 1.54) is 6.92 Å². The van der Waals surface area contributed by atoms with Crippen LogP contribution in [0, 0.1) is 0 Å². The van der Waals surface area contributed by atoms with Gasteiger partial charge >= 0.3 is 0 Å². The monoisotopic (exact) mass is 374 g/mol. The molecule has 0 aromatic heterocycles. The first-order chi connectivity index (χ1) is 12.5. The van der Waals surface area contributed by atoms with Gasteiger partial charge in [0.25, 0.3) is 0 Å². The fourth-order valence-corrected chi connectivity index (χ4v) is 2.66. The van der Waals surface area contributed by atoms with E-state index in [4.69, 9.17) is 16.3 Å². The quantitative estimate of drug-likeness (QED) is 0.769. The highest BCUT2D eigenvalue weighted by Crippen LogP contribution is 2.19. The number of rotatable bonds is 8. The van der Waals surface area contributed by atoms with Crippen molar-refractivity contribution in [2.45, 2.75) is 19.8 Å². The van der Waals surface area contributed by atoms with Gasteiger partial charge in [-0.15, -0.1) is 0 Å². The van der Waals surface area contributed by atoms with Gasteiger partial charge in [-0.05, 0) is 48.4 Å². The molecule has 2 aromatic carbocycles. The van der Waals surface area contributed by atoms with E-state index in [1.54, 1.807) is 36.3 Å². The third kappa shape index (κ3) is 6.08. The molecule has 0 aliphatic carbocycles. The minimum Gasteiger partial charge on any atom is -0.497 e. The van der Waals surface area contributed by atoms with E-state index < -0.39 is 0 Å². The van der Waals surface area contributed by atoms with E-state index >= 15 is 0 Å². The van der Waals surface area contributed by atoms with Crippen LogP contribution in [-0.4, -0.2) is 32.0 Å². The van der Waals surface area contributed by atoms with Gasteiger partial charge in [0, 0.05) is 37.1 Å². The Bertz CT molecular complexity index is 730. The Hall–Kier alpha value is -2.53. The minimum absolute atomic E-state index is 0.0845. The maximum absolute atomic E-state index is 12.1. The Labute approximate surface area is 158 Å². The molecule has 0 fully saturated rings. The Morgan fingerprint density at radius 2 is 1.73 bits per heavy atom. The zero-order valence-corrected chi connectivity index (χ0v) is 15.8. The number of anilines is 1. The molecular weight excluding hydrogens is 352 g/mol. The molecule has 0 unspecified atom stereocenters. The third-order valence-electron chi connectivity index (χ3n) is 3.98. The van der Waals surface area contributed by atoms with Gasteiger partial charge in [-0.3, -0.25) is 9.59 Å². The van der Waals surface area contributed by atoms with Crippen molar-refractivity contribution in [3.8, 4) is 5.75 Å².